The Labute approximate surface area is 184 Å². The number of pyridine rings is 1. The van der Waals surface area contributed by atoms with Crippen LogP contribution in [0.5, 0.6) is 0 Å². The maximum Gasteiger partial charge on any atom is 0.319 e. The lowest BCUT2D eigenvalue weighted by Gasteiger charge is -2.46. The standard InChI is InChI=1S/C21H31N5O4S/c1-4-24-11-9-21(18(24)27)16-25(19(28)23(2)3)15-20(21)7-12-26(13-8-20)31(29,30)17-6-5-10-22-14-17/h5-6,10,14H,4,7-9,11-13,15-16H2,1-3H3. The molecule has 1 aromatic heterocycles. The van der Waals surface area contributed by atoms with Crippen LogP contribution in [0.1, 0.15) is 26.2 Å². The molecule has 0 bridgehead atoms. The molecule has 2 spiro atoms. The minimum atomic E-state index is -3.63. The quantitative estimate of drug-likeness (QED) is 0.689. The van der Waals surface area contributed by atoms with E-state index in [4.69, 9.17) is 0 Å². The molecule has 170 valence electrons. The van der Waals surface area contributed by atoms with Crippen LogP contribution in [0.25, 0.3) is 0 Å². The zero-order chi connectivity index (χ0) is 22.4. The molecule has 1 atom stereocenters. The summed E-state index contributed by atoms with van der Waals surface area (Å²) in [6.07, 6.45) is 4.76. The first-order chi connectivity index (χ1) is 14.7. The van der Waals surface area contributed by atoms with Gasteiger partial charge in [-0.1, -0.05) is 0 Å². The average molecular weight is 450 g/mol. The Morgan fingerprint density at radius 2 is 1.87 bits per heavy atom. The fraction of sp³-hybridized carbons (Fsp3) is 0.667. The summed E-state index contributed by atoms with van der Waals surface area (Å²) in [6, 6.07) is 3.08. The third-order valence-electron chi connectivity index (χ3n) is 7.46. The van der Waals surface area contributed by atoms with Gasteiger partial charge in [0.25, 0.3) is 0 Å². The zero-order valence-electron chi connectivity index (χ0n) is 18.5. The monoisotopic (exact) mass is 449 g/mol. The van der Waals surface area contributed by atoms with E-state index in [1.807, 2.05) is 11.8 Å². The molecule has 1 unspecified atom stereocenters. The minimum absolute atomic E-state index is 0.0931. The van der Waals surface area contributed by atoms with Crippen LogP contribution in [-0.2, 0) is 14.8 Å². The van der Waals surface area contributed by atoms with E-state index >= 15 is 0 Å². The molecule has 9 nitrogen and oxygen atoms in total. The smallest absolute Gasteiger partial charge is 0.319 e. The van der Waals surface area contributed by atoms with Crippen LogP contribution in [0.3, 0.4) is 0 Å². The molecular weight excluding hydrogens is 418 g/mol. The van der Waals surface area contributed by atoms with Crippen molar-refractivity contribution in [2.75, 3.05) is 53.4 Å². The summed E-state index contributed by atoms with van der Waals surface area (Å²) >= 11 is 0. The van der Waals surface area contributed by atoms with Crippen molar-refractivity contribution in [2.45, 2.75) is 31.1 Å². The lowest BCUT2D eigenvalue weighted by Crippen LogP contribution is -2.53. The SMILES string of the molecule is CCN1CCC2(CN(C(=O)N(C)C)CC23CCN(S(=O)(=O)c2cccnc2)CC3)C1=O. The number of urea groups is 1. The maximum absolute atomic E-state index is 13.5. The number of likely N-dealkylation sites (tertiary alicyclic amines) is 2. The molecule has 3 aliphatic heterocycles. The second-order valence-corrected chi connectivity index (χ2v) is 11.1. The summed E-state index contributed by atoms with van der Waals surface area (Å²) in [7, 11) is -0.189. The summed E-state index contributed by atoms with van der Waals surface area (Å²) in [5.41, 5.74) is -1.03. The van der Waals surface area contributed by atoms with Crippen LogP contribution in [0.2, 0.25) is 0 Å². The van der Waals surface area contributed by atoms with Crippen molar-refractivity contribution in [3.8, 4) is 0 Å². The van der Waals surface area contributed by atoms with E-state index in [0.717, 1.165) is 0 Å². The fourth-order valence-corrected chi connectivity index (χ4v) is 7.11. The molecule has 10 heteroatoms. The lowest BCUT2D eigenvalue weighted by molar-refractivity contribution is -0.141. The van der Waals surface area contributed by atoms with Gasteiger partial charge in [0.15, 0.2) is 0 Å². The minimum Gasteiger partial charge on any atom is -0.342 e. The first-order valence-electron chi connectivity index (χ1n) is 10.8. The lowest BCUT2D eigenvalue weighted by atomic mass is 9.60. The Hall–Kier alpha value is -2.20. The van der Waals surface area contributed by atoms with Gasteiger partial charge in [0.2, 0.25) is 15.9 Å². The van der Waals surface area contributed by atoms with Crippen molar-refractivity contribution in [1.82, 2.24) is 24.0 Å². The molecule has 3 aliphatic rings. The van der Waals surface area contributed by atoms with Crippen molar-refractivity contribution in [3.05, 3.63) is 24.5 Å². The molecule has 3 fully saturated rings. The van der Waals surface area contributed by atoms with Crippen LogP contribution in [-0.4, -0.2) is 97.7 Å². The zero-order valence-corrected chi connectivity index (χ0v) is 19.3. The maximum atomic E-state index is 13.5. The first-order valence-corrected chi connectivity index (χ1v) is 12.3. The van der Waals surface area contributed by atoms with Gasteiger partial charge in [-0.15, -0.1) is 0 Å². The van der Waals surface area contributed by atoms with Crippen LogP contribution in [0.15, 0.2) is 29.4 Å². The summed E-state index contributed by atoms with van der Waals surface area (Å²) in [5.74, 6) is 0.118. The molecular formula is C21H31N5O4S. The van der Waals surface area contributed by atoms with E-state index in [0.29, 0.717) is 58.5 Å². The number of piperidine rings is 1. The molecule has 4 heterocycles. The van der Waals surface area contributed by atoms with Crippen LogP contribution in [0, 0.1) is 10.8 Å². The van der Waals surface area contributed by atoms with Gasteiger partial charge < -0.3 is 14.7 Å². The second-order valence-electron chi connectivity index (χ2n) is 9.12. The largest absolute Gasteiger partial charge is 0.342 e. The molecule has 4 rings (SSSR count). The average Bonchev–Trinajstić information content (AvgIpc) is 3.26. The van der Waals surface area contributed by atoms with Crippen LogP contribution < -0.4 is 0 Å². The van der Waals surface area contributed by atoms with Gasteiger partial charge in [-0.3, -0.25) is 9.78 Å². The Morgan fingerprint density at radius 1 is 1.16 bits per heavy atom. The normalized spacial score (nSPS) is 26.2. The summed E-state index contributed by atoms with van der Waals surface area (Å²) < 4.78 is 27.6. The van der Waals surface area contributed by atoms with Gasteiger partial charge >= 0.3 is 6.03 Å². The first kappa shape index (κ1) is 22.0. The summed E-state index contributed by atoms with van der Waals surface area (Å²) in [5, 5.41) is 0. The van der Waals surface area contributed by atoms with Gasteiger partial charge in [0.05, 0.1) is 5.41 Å². The molecule has 0 radical (unpaired) electrons. The Bertz CT molecular complexity index is 959. The van der Waals surface area contributed by atoms with Crippen LogP contribution in [0.4, 0.5) is 4.79 Å². The third kappa shape index (κ3) is 3.31. The van der Waals surface area contributed by atoms with Crippen molar-refractivity contribution in [3.63, 3.8) is 0 Å². The molecule has 31 heavy (non-hydrogen) atoms. The van der Waals surface area contributed by atoms with Gasteiger partial charge in [-0.05, 0) is 38.3 Å². The van der Waals surface area contributed by atoms with E-state index in [-0.39, 0.29) is 16.8 Å². The Morgan fingerprint density at radius 3 is 2.42 bits per heavy atom. The van der Waals surface area contributed by atoms with E-state index in [1.54, 1.807) is 42.2 Å². The number of amides is 3. The number of fused-ring (bicyclic) bond motifs is 1. The fourth-order valence-electron chi connectivity index (χ4n) is 5.70. The van der Waals surface area contributed by atoms with Crippen molar-refractivity contribution >= 4 is 22.0 Å². The summed E-state index contributed by atoms with van der Waals surface area (Å²) in [6.45, 7) is 4.90. The second kappa shape index (κ2) is 7.74. The van der Waals surface area contributed by atoms with Crippen molar-refractivity contribution < 1.29 is 18.0 Å². The molecule has 3 amide bonds. The number of sulfonamides is 1. The van der Waals surface area contributed by atoms with E-state index in [9.17, 15) is 18.0 Å². The van der Waals surface area contributed by atoms with Gasteiger partial charge in [0, 0.05) is 71.2 Å². The van der Waals surface area contributed by atoms with E-state index < -0.39 is 20.9 Å². The highest BCUT2D eigenvalue weighted by molar-refractivity contribution is 7.89. The van der Waals surface area contributed by atoms with Gasteiger partial charge in [0.1, 0.15) is 4.90 Å². The van der Waals surface area contributed by atoms with Gasteiger partial charge in [-0.25, -0.2) is 13.2 Å². The topological polar surface area (TPSA) is 94.1 Å². The number of hydrogen-bond donors (Lipinski definition) is 0. The molecule has 1 aromatic rings. The molecule has 0 saturated carbocycles. The number of aromatic nitrogens is 1. The van der Waals surface area contributed by atoms with Crippen molar-refractivity contribution in [1.29, 1.82) is 0 Å². The molecule has 3 saturated heterocycles. The molecule has 0 aliphatic carbocycles. The Balaban J connectivity index is 1.62. The highest BCUT2D eigenvalue weighted by Gasteiger charge is 2.66. The predicted octanol–water partition coefficient (Wildman–Crippen LogP) is 1.09. The third-order valence-corrected chi connectivity index (χ3v) is 9.34. The number of hydrogen-bond acceptors (Lipinski definition) is 5. The summed E-state index contributed by atoms with van der Waals surface area (Å²) in [4.78, 5) is 35.6. The van der Waals surface area contributed by atoms with Crippen LogP contribution >= 0.6 is 0 Å². The Kier molecular flexibility index (Phi) is 5.49. The highest BCUT2D eigenvalue weighted by atomic mass is 32.2. The van der Waals surface area contributed by atoms with Gasteiger partial charge in [-0.2, -0.15) is 4.31 Å². The molecule has 0 N–H and O–H groups in total. The number of carbonyl (C=O) groups excluding carboxylic acids is 2. The van der Waals surface area contributed by atoms with Crippen molar-refractivity contribution in [2.24, 2.45) is 10.8 Å². The number of carbonyl (C=O) groups is 2. The van der Waals surface area contributed by atoms with E-state index in [1.165, 1.54) is 10.5 Å². The number of rotatable bonds is 3. The molecule has 0 aromatic carbocycles. The predicted molar refractivity (Wildman–Crippen MR) is 115 cm³/mol. The highest BCUT2D eigenvalue weighted by Crippen LogP contribution is 2.58. The number of nitrogens with zero attached hydrogens (tertiary/aromatic N) is 5. The van der Waals surface area contributed by atoms with E-state index in [2.05, 4.69) is 4.98 Å².